The zero-order valence-electron chi connectivity index (χ0n) is 14.2. The molecular formula is C21H24N2O. The Morgan fingerprint density at radius 1 is 1.08 bits per heavy atom. The van der Waals surface area contributed by atoms with Crippen molar-refractivity contribution in [3.63, 3.8) is 0 Å². The van der Waals surface area contributed by atoms with Crippen molar-refractivity contribution in [3.05, 3.63) is 65.5 Å². The van der Waals surface area contributed by atoms with Gasteiger partial charge in [0.05, 0.1) is 6.54 Å². The van der Waals surface area contributed by atoms with E-state index < -0.39 is 0 Å². The molecule has 0 spiro atoms. The zero-order valence-corrected chi connectivity index (χ0v) is 14.2. The largest absolute Gasteiger partial charge is 0.439 e. The highest BCUT2D eigenvalue weighted by molar-refractivity contribution is 5.72. The standard InChI is InChI=1S/C21H24N2O/c1-2-13-23(15-21-22-19-9-5-6-10-20(19)24-21)18-12-11-16-7-3-4-8-17(16)14-18/h3-10,18H,2,11-15H2,1H3. The number of oxazole rings is 1. The highest BCUT2D eigenvalue weighted by Gasteiger charge is 2.25. The van der Waals surface area contributed by atoms with Gasteiger partial charge in [0.2, 0.25) is 5.89 Å². The van der Waals surface area contributed by atoms with Gasteiger partial charge in [-0.15, -0.1) is 0 Å². The van der Waals surface area contributed by atoms with Crippen molar-refractivity contribution in [3.8, 4) is 0 Å². The SMILES string of the molecule is CCCN(Cc1nc2ccccc2o1)C1CCc2ccccc2C1. The fraction of sp³-hybridized carbons (Fsp3) is 0.381. The normalized spacial score (nSPS) is 17.3. The Kier molecular flexibility index (Phi) is 4.35. The van der Waals surface area contributed by atoms with Gasteiger partial charge in [-0.2, -0.15) is 0 Å². The lowest BCUT2D eigenvalue weighted by Gasteiger charge is -2.34. The Morgan fingerprint density at radius 2 is 1.88 bits per heavy atom. The first kappa shape index (κ1) is 15.4. The van der Waals surface area contributed by atoms with E-state index in [1.165, 1.54) is 24.0 Å². The minimum atomic E-state index is 0.579. The van der Waals surface area contributed by atoms with Crippen LogP contribution in [0.3, 0.4) is 0 Å². The lowest BCUT2D eigenvalue weighted by Crippen LogP contribution is -2.39. The summed E-state index contributed by atoms with van der Waals surface area (Å²) in [6, 6.07) is 17.5. The van der Waals surface area contributed by atoms with Crippen molar-refractivity contribution in [2.24, 2.45) is 0 Å². The summed E-state index contributed by atoms with van der Waals surface area (Å²) in [5, 5.41) is 0. The third-order valence-electron chi connectivity index (χ3n) is 5.02. The molecule has 0 bridgehead atoms. The van der Waals surface area contributed by atoms with Crippen molar-refractivity contribution >= 4 is 11.1 Å². The number of fused-ring (bicyclic) bond motifs is 2. The van der Waals surface area contributed by atoms with Gasteiger partial charge in [-0.3, -0.25) is 4.90 Å². The Hall–Kier alpha value is -2.13. The minimum Gasteiger partial charge on any atom is -0.439 e. The van der Waals surface area contributed by atoms with Crippen molar-refractivity contribution in [2.45, 2.75) is 45.2 Å². The first-order chi connectivity index (χ1) is 11.8. The second-order valence-electron chi connectivity index (χ2n) is 6.71. The molecule has 24 heavy (non-hydrogen) atoms. The van der Waals surface area contributed by atoms with Crippen molar-refractivity contribution in [1.29, 1.82) is 0 Å². The van der Waals surface area contributed by atoms with Crippen LogP contribution >= 0.6 is 0 Å². The molecule has 124 valence electrons. The molecule has 0 N–H and O–H groups in total. The molecule has 0 fully saturated rings. The van der Waals surface area contributed by atoms with Crippen LogP contribution in [0.25, 0.3) is 11.1 Å². The molecule has 1 atom stereocenters. The highest BCUT2D eigenvalue weighted by Crippen LogP contribution is 2.26. The third-order valence-corrected chi connectivity index (χ3v) is 5.02. The molecule has 0 saturated heterocycles. The number of benzene rings is 2. The maximum absolute atomic E-state index is 5.95. The number of hydrogen-bond acceptors (Lipinski definition) is 3. The minimum absolute atomic E-state index is 0.579. The first-order valence-corrected chi connectivity index (χ1v) is 8.99. The van der Waals surface area contributed by atoms with Gasteiger partial charge in [-0.25, -0.2) is 4.98 Å². The molecule has 0 aliphatic heterocycles. The predicted octanol–water partition coefficient (Wildman–Crippen LogP) is 4.60. The number of para-hydroxylation sites is 2. The van der Waals surface area contributed by atoms with Gasteiger partial charge in [-0.05, 0) is 55.5 Å². The number of rotatable bonds is 5. The van der Waals surface area contributed by atoms with Gasteiger partial charge in [0.25, 0.3) is 0 Å². The van der Waals surface area contributed by atoms with E-state index in [4.69, 9.17) is 4.42 Å². The number of nitrogens with zero attached hydrogens (tertiary/aromatic N) is 2. The average Bonchev–Trinajstić information content (AvgIpc) is 3.03. The molecule has 1 unspecified atom stereocenters. The second-order valence-corrected chi connectivity index (χ2v) is 6.71. The Morgan fingerprint density at radius 3 is 2.71 bits per heavy atom. The lowest BCUT2D eigenvalue weighted by molar-refractivity contribution is 0.157. The maximum Gasteiger partial charge on any atom is 0.209 e. The fourth-order valence-corrected chi connectivity index (χ4v) is 3.83. The van der Waals surface area contributed by atoms with Crippen LogP contribution in [0.4, 0.5) is 0 Å². The number of hydrogen-bond donors (Lipinski definition) is 0. The fourth-order valence-electron chi connectivity index (χ4n) is 3.83. The van der Waals surface area contributed by atoms with Crippen LogP contribution in [-0.4, -0.2) is 22.5 Å². The third kappa shape index (κ3) is 3.09. The molecule has 4 rings (SSSR count). The summed E-state index contributed by atoms with van der Waals surface area (Å²) in [6.07, 6.45) is 4.68. The zero-order chi connectivity index (χ0) is 16.4. The summed E-state index contributed by atoms with van der Waals surface area (Å²) in [5.74, 6) is 0.837. The van der Waals surface area contributed by atoms with Crippen molar-refractivity contribution in [2.75, 3.05) is 6.54 Å². The summed E-state index contributed by atoms with van der Waals surface area (Å²) in [4.78, 5) is 7.22. The Labute approximate surface area is 143 Å². The van der Waals surface area contributed by atoms with E-state index in [1.807, 2.05) is 24.3 Å². The molecule has 2 aromatic carbocycles. The van der Waals surface area contributed by atoms with Crippen LogP contribution in [0.2, 0.25) is 0 Å². The van der Waals surface area contributed by atoms with Crippen molar-refractivity contribution < 1.29 is 4.42 Å². The summed E-state index contributed by atoms with van der Waals surface area (Å²) < 4.78 is 5.95. The first-order valence-electron chi connectivity index (χ1n) is 8.99. The van der Waals surface area contributed by atoms with Gasteiger partial charge < -0.3 is 4.42 Å². The number of aryl methyl sites for hydroxylation is 1. The van der Waals surface area contributed by atoms with Gasteiger partial charge in [0.1, 0.15) is 5.52 Å². The van der Waals surface area contributed by atoms with Gasteiger partial charge in [-0.1, -0.05) is 43.3 Å². The van der Waals surface area contributed by atoms with Crippen molar-refractivity contribution in [1.82, 2.24) is 9.88 Å². The van der Waals surface area contributed by atoms with E-state index >= 15 is 0 Å². The summed E-state index contributed by atoms with van der Waals surface area (Å²) in [6.45, 7) is 4.14. The summed E-state index contributed by atoms with van der Waals surface area (Å²) in [7, 11) is 0. The van der Waals surface area contributed by atoms with Crippen LogP contribution in [0.15, 0.2) is 52.9 Å². The van der Waals surface area contributed by atoms with Gasteiger partial charge in [0, 0.05) is 6.04 Å². The van der Waals surface area contributed by atoms with Crippen LogP contribution in [0.5, 0.6) is 0 Å². The summed E-state index contributed by atoms with van der Waals surface area (Å²) in [5.41, 5.74) is 4.87. The molecule has 0 radical (unpaired) electrons. The van der Waals surface area contributed by atoms with E-state index in [9.17, 15) is 0 Å². The molecule has 1 aliphatic carbocycles. The van der Waals surface area contributed by atoms with Gasteiger partial charge in [0.15, 0.2) is 5.58 Å². The lowest BCUT2D eigenvalue weighted by atomic mass is 9.87. The summed E-state index contributed by atoms with van der Waals surface area (Å²) >= 11 is 0. The van der Waals surface area contributed by atoms with Crippen LogP contribution < -0.4 is 0 Å². The molecule has 1 heterocycles. The Bertz CT molecular complexity index is 790. The molecule has 3 heteroatoms. The number of aromatic nitrogens is 1. The average molecular weight is 320 g/mol. The molecule has 0 saturated carbocycles. The monoisotopic (exact) mass is 320 g/mol. The molecule has 0 amide bonds. The second kappa shape index (κ2) is 6.78. The molecule has 3 nitrogen and oxygen atoms in total. The molecular weight excluding hydrogens is 296 g/mol. The molecule has 3 aromatic rings. The van der Waals surface area contributed by atoms with Crippen LogP contribution in [0, 0.1) is 0 Å². The maximum atomic E-state index is 5.95. The molecule has 1 aromatic heterocycles. The topological polar surface area (TPSA) is 29.3 Å². The predicted molar refractivity (Wildman–Crippen MR) is 97.0 cm³/mol. The van der Waals surface area contributed by atoms with E-state index in [-0.39, 0.29) is 0 Å². The molecule has 1 aliphatic rings. The smallest absolute Gasteiger partial charge is 0.209 e. The van der Waals surface area contributed by atoms with Gasteiger partial charge >= 0.3 is 0 Å². The Balaban J connectivity index is 1.54. The van der Waals surface area contributed by atoms with E-state index in [0.717, 1.165) is 42.9 Å². The van der Waals surface area contributed by atoms with Crippen LogP contribution in [0.1, 0.15) is 36.8 Å². The van der Waals surface area contributed by atoms with E-state index in [0.29, 0.717) is 6.04 Å². The van der Waals surface area contributed by atoms with E-state index in [2.05, 4.69) is 41.1 Å². The highest BCUT2D eigenvalue weighted by atomic mass is 16.3. The van der Waals surface area contributed by atoms with Crippen LogP contribution in [-0.2, 0) is 19.4 Å². The quantitative estimate of drug-likeness (QED) is 0.688. The van der Waals surface area contributed by atoms with E-state index in [1.54, 1.807) is 0 Å².